The SMILES string of the molecule is CCn1c(C)nnc1SCCNC(=O)Nc1cc2c(cc1OC)OCO2. The van der Waals surface area contributed by atoms with Gasteiger partial charge in [-0.15, -0.1) is 10.2 Å². The van der Waals surface area contributed by atoms with Crippen molar-refractivity contribution in [2.75, 3.05) is 31.5 Å². The van der Waals surface area contributed by atoms with Gasteiger partial charge in [0.25, 0.3) is 0 Å². The highest BCUT2D eigenvalue weighted by Crippen LogP contribution is 2.40. The van der Waals surface area contributed by atoms with Gasteiger partial charge >= 0.3 is 6.03 Å². The van der Waals surface area contributed by atoms with Crippen molar-refractivity contribution < 1.29 is 19.0 Å². The number of benzene rings is 1. The summed E-state index contributed by atoms with van der Waals surface area (Å²) in [6.45, 7) is 5.43. The number of carbonyl (C=O) groups excluding carboxylic acids is 1. The maximum absolute atomic E-state index is 12.1. The van der Waals surface area contributed by atoms with Crippen LogP contribution in [-0.4, -0.2) is 47.0 Å². The fraction of sp³-hybridized carbons (Fsp3) is 0.438. The summed E-state index contributed by atoms with van der Waals surface area (Å²) in [5, 5.41) is 14.6. The Balaban J connectivity index is 1.50. The van der Waals surface area contributed by atoms with Crippen LogP contribution in [0, 0.1) is 6.92 Å². The lowest BCUT2D eigenvalue weighted by atomic mass is 10.2. The molecule has 140 valence electrons. The van der Waals surface area contributed by atoms with Crippen LogP contribution < -0.4 is 24.8 Å². The molecule has 26 heavy (non-hydrogen) atoms. The van der Waals surface area contributed by atoms with Crippen molar-refractivity contribution in [3.05, 3.63) is 18.0 Å². The molecule has 2 aromatic rings. The van der Waals surface area contributed by atoms with Gasteiger partial charge in [0.15, 0.2) is 16.7 Å². The lowest BCUT2D eigenvalue weighted by molar-refractivity contribution is 0.174. The van der Waals surface area contributed by atoms with E-state index >= 15 is 0 Å². The molecular weight excluding hydrogens is 358 g/mol. The molecule has 10 heteroatoms. The zero-order valence-corrected chi connectivity index (χ0v) is 15.7. The van der Waals surface area contributed by atoms with Gasteiger partial charge < -0.3 is 29.4 Å². The van der Waals surface area contributed by atoms with Gasteiger partial charge in [-0.3, -0.25) is 0 Å². The molecule has 0 fully saturated rings. The monoisotopic (exact) mass is 379 g/mol. The Morgan fingerprint density at radius 3 is 2.85 bits per heavy atom. The molecule has 0 radical (unpaired) electrons. The summed E-state index contributed by atoms with van der Waals surface area (Å²) >= 11 is 1.55. The van der Waals surface area contributed by atoms with Crippen molar-refractivity contribution in [3.63, 3.8) is 0 Å². The molecule has 0 saturated heterocycles. The number of hydrogen-bond donors (Lipinski definition) is 2. The summed E-state index contributed by atoms with van der Waals surface area (Å²) in [5.74, 6) is 3.25. The van der Waals surface area contributed by atoms with E-state index in [4.69, 9.17) is 14.2 Å². The van der Waals surface area contributed by atoms with Crippen LogP contribution in [0.5, 0.6) is 17.2 Å². The van der Waals surface area contributed by atoms with Gasteiger partial charge in [0.05, 0.1) is 12.8 Å². The molecule has 0 aliphatic carbocycles. The highest BCUT2D eigenvalue weighted by atomic mass is 32.2. The topological polar surface area (TPSA) is 99.5 Å². The number of methoxy groups -OCH3 is 1. The number of rotatable bonds is 7. The summed E-state index contributed by atoms with van der Waals surface area (Å²) in [4.78, 5) is 12.1. The van der Waals surface area contributed by atoms with Gasteiger partial charge in [-0.1, -0.05) is 11.8 Å². The number of nitrogens with one attached hydrogen (secondary N) is 2. The Kier molecular flexibility index (Phi) is 5.71. The number of ether oxygens (including phenoxy) is 3. The van der Waals surface area contributed by atoms with Crippen LogP contribution >= 0.6 is 11.8 Å². The number of fused-ring (bicyclic) bond motifs is 1. The first kappa shape index (κ1) is 18.2. The highest BCUT2D eigenvalue weighted by Gasteiger charge is 2.19. The van der Waals surface area contributed by atoms with E-state index in [1.807, 2.05) is 18.4 Å². The molecule has 2 amide bonds. The molecule has 3 rings (SSSR count). The molecule has 1 aromatic carbocycles. The zero-order chi connectivity index (χ0) is 18.5. The predicted molar refractivity (Wildman–Crippen MR) is 97.3 cm³/mol. The summed E-state index contributed by atoms with van der Waals surface area (Å²) in [6, 6.07) is 3.05. The summed E-state index contributed by atoms with van der Waals surface area (Å²) in [5.41, 5.74) is 0.517. The molecule has 1 aliphatic heterocycles. The highest BCUT2D eigenvalue weighted by molar-refractivity contribution is 7.99. The summed E-state index contributed by atoms with van der Waals surface area (Å²) in [6.07, 6.45) is 0. The maximum atomic E-state index is 12.1. The number of anilines is 1. The lowest BCUT2D eigenvalue weighted by Gasteiger charge is -2.12. The number of hydrogen-bond acceptors (Lipinski definition) is 7. The Hall–Kier alpha value is -2.62. The normalized spacial score (nSPS) is 12.1. The minimum absolute atomic E-state index is 0.160. The van der Waals surface area contributed by atoms with Gasteiger partial charge in [-0.2, -0.15) is 0 Å². The van der Waals surface area contributed by atoms with E-state index in [2.05, 4.69) is 20.8 Å². The number of thioether (sulfide) groups is 1. The van der Waals surface area contributed by atoms with Crippen LogP contribution in [0.4, 0.5) is 10.5 Å². The Bertz CT molecular complexity index is 795. The summed E-state index contributed by atoms with van der Waals surface area (Å²) in [7, 11) is 1.53. The molecule has 0 unspecified atom stereocenters. The third-order valence-electron chi connectivity index (χ3n) is 3.78. The Morgan fingerprint density at radius 2 is 2.12 bits per heavy atom. The quantitative estimate of drug-likeness (QED) is 0.562. The van der Waals surface area contributed by atoms with Gasteiger partial charge in [0.2, 0.25) is 6.79 Å². The number of nitrogens with zero attached hydrogens (tertiary/aromatic N) is 3. The maximum Gasteiger partial charge on any atom is 0.319 e. The third-order valence-corrected chi connectivity index (χ3v) is 4.75. The average molecular weight is 379 g/mol. The van der Waals surface area contributed by atoms with Gasteiger partial charge in [0.1, 0.15) is 11.6 Å². The minimum atomic E-state index is -0.323. The molecule has 0 spiro atoms. The average Bonchev–Trinajstić information content (AvgIpc) is 3.23. The number of carbonyl (C=O) groups is 1. The van der Waals surface area contributed by atoms with Crippen molar-refractivity contribution in [3.8, 4) is 17.2 Å². The minimum Gasteiger partial charge on any atom is -0.494 e. The molecule has 2 N–H and O–H groups in total. The standard InChI is InChI=1S/C16H21N5O4S/c1-4-21-10(2)19-20-16(21)26-6-5-17-15(22)18-11-7-13-14(25-9-24-13)8-12(11)23-3/h7-8H,4-6,9H2,1-3H3,(H2,17,18,22). The zero-order valence-electron chi connectivity index (χ0n) is 14.9. The van der Waals surface area contributed by atoms with Crippen molar-refractivity contribution >= 4 is 23.5 Å². The van der Waals surface area contributed by atoms with Crippen LogP contribution in [0.15, 0.2) is 17.3 Å². The van der Waals surface area contributed by atoms with Crippen LogP contribution in [0.1, 0.15) is 12.7 Å². The van der Waals surface area contributed by atoms with E-state index < -0.39 is 0 Å². The van der Waals surface area contributed by atoms with Gasteiger partial charge in [-0.05, 0) is 13.8 Å². The van der Waals surface area contributed by atoms with Crippen LogP contribution in [0.25, 0.3) is 0 Å². The van der Waals surface area contributed by atoms with Crippen LogP contribution in [-0.2, 0) is 6.54 Å². The van der Waals surface area contributed by atoms with E-state index in [9.17, 15) is 4.79 Å². The second-order valence-corrected chi connectivity index (χ2v) is 6.47. The van der Waals surface area contributed by atoms with Gasteiger partial charge in [0, 0.05) is 31.0 Å². The van der Waals surface area contributed by atoms with E-state index in [1.54, 1.807) is 23.9 Å². The molecule has 9 nitrogen and oxygen atoms in total. The number of aryl methyl sites for hydroxylation is 1. The first-order valence-corrected chi connectivity index (χ1v) is 9.16. The first-order valence-electron chi connectivity index (χ1n) is 8.17. The van der Waals surface area contributed by atoms with Crippen molar-refractivity contribution in [2.45, 2.75) is 25.5 Å². The van der Waals surface area contributed by atoms with Crippen molar-refractivity contribution in [1.29, 1.82) is 0 Å². The number of amides is 2. The lowest BCUT2D eigenvalue weighted by Crippen LogP contribution is -2.30. The third kappa shape index (κ3) is 3.96. The van der Waals surface area contributed by atoms with E-state index in [-0.39, 0.29) is 12.8 Å². The second-order valence-electron chi connectivity index (χ2n) is 5.41. The van der Waals surface area contributed by atoms with Crippen LogP contribution in [0.3, 0.4) is 0 Å². The van der Waals surface area contributed by atoms with Crippen molar-refractivity contribution in [1.82, 2.24) is 20.1 Å². The first-order chi connectivity index (χ1) is 12.6. The number of aromatic nitrogens is 3. The van der Waals surface area contributed by atoms with E-state index in [1.165, 1.54) is 7.11 Å². The summed E-state index contributed by atoms with van der Waals surface area (Å²) < 4.78 is 17.9. The Labute approximate surface area is 155 Å². The fourth-order valence-electron chi connectivity index (χ4n) is 2.50. The Morgan fingerprint density at radius 1 is 1.35 bits per heavy atom. The molecular formula is C16H21N5O4S. The second kappa shape index (κ2) is 8.17. The molecule has 0 bridgehead atoms. The predicted octanol–water partition coefficient (Wildman–Crippen LogP) is 2.26. The van der Waals surface area contributed by atoms with E-state index in [0.717, 1.165) is 17.5 Å². The van der Waals surface area contributed by atoms with E-state index in [0.29, 0.717) is 35.2 Å². The molecule has 2 heterocycles. The van der Waals surface area contributed by atoms with Crippen molar-refractivity contribution in [2.24, 2.45) is 0 Å². The fourth-order valence-corrected chi connectivity index (χ4v) is 3.40. The largest absolute Gasteiger partial charge is 0.494 e. The molecule has 0 saturated carbocycles. The molecule has 0 atom stereocenters. The van der Waals surface area contributed by atoms with Crippen LogP contribution in [0.2, 0.25) is 0 Å². The van der Waals surface area contributed by atoms with Gasteiger partial charge in [-0.25, -0.2) is 4.79 Å². The smallest absolute Gasteiger partial charge is 0.319 e. The molecule has 1 aliphatic rings. The number of urea groups is 1. The molecule has 1 aromatic heterocycles.